The molecular weight excluding hydrogens is 845 g/mol. The van der Waals surface area contributed by atoms with Gasteiger partial charge in [-0.15, -0.1) is 0 Å². The van der Waals surface area contributed by atoms with Crippen LogP contribution in [0.25, 0.3) is 77.2 Å². The molecule has 0 bridgehead atoms. The van der Waals surface area contributed by atoms with E-state index in [1.165, 1.54) is 0 Å². The summed E-state index contributed by atoms with van der Waals surface area (Å²) in [5.74, 6) is 3.47. The summed E-state index contributed by atoms with van der Waals surface area (Å²) < 4.78 is 29.5. The van der Waals surface area contributed by atoms with Gasteiger partial charge in [0, 0.05) is 43.8 Å². The first-order valence-corrected chi connectivity index (χ1v) is 23.6. The summed E-state index contributed by atoms with van der Waals surface area (Å²) in [6.07, 6.45) is 4.22. The van der Waals surface area contributed by atoms with Gasteiger partial charge in [0.2, 0.25) is 0 Å². The number of methoxy groups -OCH3 is 2. The summed E-state index contributed by atoms with van der Waals surface area (Å²) in [7, 11) is 3.32. The van der Waals surface area contributed by atoms with Crippen molar-refractivity contribution in [3.63, 3.8) is 0 Å². The number of phenols is 2. The minimum absolute atomic E-state index is 0.168. The lowest BCUT2D eigenvalue weighted by molar-refractivity contribution is 0.105. The van der Waals surface area contributed by atoms with Crippen molar-refractivity contribution in [2.45, 2.75) is 39.5 Å². The van der Waals surface area contributed by atoms with E-state index in [1.807, 2.05) is 84.9 Å². The molecule has 2 aromatic heterocycles. The Balaban J connectivity index is 0.897. The number of rotatable bonds is 12. The Labute approximate surface area is 396 Å². The van der Waals surface area contributed by atoms with E-state index in [4.69, 9.17) is 18.9 Å². The SMILES string of the molecule is COc1ccc(OCC2CCCCC2COc2ccc(OC)cc2-c2cc(C)cc(-n3c4ccccc4c4ccccc43)c2O)c(-c2cc(C)cc(-n3c4ccccc4c4ccccc43)c2O)c1. The first kappa shape index (κ1) is 42.8. The fourth-order valence-electron chi connectivity index (χ4n) is 10.7. The van der Waals surface area contributed by atoms with Crippen molar-refractivity contribution in [3.05, 3.63) is 169 Å². The molecule has 0 saturated heterocycles. The topological polar surface area (TPSA) is 87.2 Å². The second kappa shape index (κ2) is 17.8. The third-order valence-corrected chi connectivity index (χ3v) is 14.0. The van der Waals surface area contributed by atoms with Crippen LogP contribution in [-0.4, -0.2) is 46.8 Å². The largest absolute Gasteiger partial charge is 0.505 e. The van der Waals surface area contributed by atoms with Gasteiger partial charge in [-0.3, -0.25) is 0 Å². The number of benzene rings is 8. The number of para-hydroxylation sites is 4. The first-order chi connectivity index (χ1) is 33.3. The number of ether oxygens (including phenoxy) is 4. The third kappa shape index (κ3) is 7.50. The quantitative estimate of drug-likeness (QED) is 0.127. The highest BCUT2D eigenvalue weighted by Crippen LogP contribution is 2.47. The van der Waals surface area contributed by atoms with Crippen LogP contribution in [-0.2, 0) is 0 Å². The van der Waals surface area contributed by atoms with E-state index in [1.54, 1.807) is 14.2 Å². The van der Waals surface area contributed by atoms with Gasteiger partial charge in [-0.05, 0) is 135 Å². The summed E-state index contributed by atoms with van der Waals surface area (Å²) in [4.78, 5) is 0. The summed E-state index contributed by atoms with van der Waals surface area (Å²) in [5, 5.41) is 29.2. The molecule has 0 spiro atoms. The van der Waals surface area contributed by atoms with E-state index in [2.05, 4.69) is 95.8 Å². The monoisotopic (exact) mass is 898 g/mol. The van der Waals surface area contributed by atoms with Gasteiger partial charge in [0.05, 0.1) is 60.9 Å². The van der Waals surface area contributed by atoms with Crippen LogP contribution in [0.1, 0.15) is 36.8 Å². The number of aromatic nitrogens is 2. The number of aromatic hydroxyl groups is 2. The van der Waals surface area contributed by atoms with Crippen LogP contribution < -0.4 is 18.9 Å². The highest BCUT2D eigenvalue weighted by Gasteiger charge is 2.29. The summed E-state index contributed by atoms with van der Waals surface area (Å²) in [6.45, 7) is 5.09. The van der Waals surface area contributed by atoms with E-state index in [9.17, 15) is 10.2 Å². The van der Waals surface area contributed by atoms with Crippen LogP contribution in [0.3, 0.4) is 0 Å². The Kier molecular flexibility index (Phi) is 11.2. The first-order valence-electron chi connectivity index (χ1n) is 23.6. The van der Waals surface area contributed by atoms with Crippen LogP contribution in [0.2, 0.25) is 0 Å². The molecular formula is C60H54N2O6. The number of nitrogens with zero attached hydrogens (tertiary/aromatic N) is 2. The summed E-state index contributed by atoms with van der Waals surface area (Å²) in [5.41, 5.74) is 10.4. The van der Waals surface area contributed by atoms with E-state index >= 15 is 0 Å². The Morgan fingerprint density at radius 2 is 0.794 bits per heavy atom. The van der Waals surface area contributed by atoms with Gasteiger partial charge in [-0.25, -0.2) is 0 Å². The number of phenolic OH excluding ortho intramolecular Hbond substituents is 2. The van der Waals surface area contributed by atoms with Crippen molar-refractivity contribution in [1.29, 1.82) is 0 Å². The lowest BCUT2D eigenvalue weighted by atomic mass is 9.80. The maximum absolute atomic E-state index is 12.3. The lowest BCUT2D eigenvalue weighted by Gasteiger charge is -2.32. The molecule has 0 radical (unpaired) electrons. The molecule has 1 aliphatic rings. The molecule has 10 aromatic rings. The molecule has 8 heteroatoms. The third-order valence-electron chi connectivity index (χ3n) is 14.0. The van der Waals surface area contributed by atoms with Gasteiger partial charge in [0.1, 0.15) is 34.5 Å². The molecule has 8 aromatic carbocycles. The molecule has 8 nitrogen and oxygen atoms in total. The standard InChI is InChI=1S/C60H54N2O6/c1-37-29-49(59(63)55(31-37)61-51-21-11-7-17-43(51)44-18-8-12-22-52(44)61)47-33-41(65-3)25-27-57(47)67-35-39-15-5-6-16-40(39)36-68-58-28-26-42(66-4)34-48(58)50-30-38(2)32-56(60(50)64)62-53-23-13-9-19-45(53)46-20-10-14-24-54(46)62/h7-14,17-34,39-40,63-64H,5-6,15-16,35-36H2,1-4H3. The average molecular weight is 899 g/mol. The molecule has 340 valence electrons. The fraction of sp³-hybridized carbons (Fsp3) is 0.200. The zero-order valence-corrected chi connectivity index (χ0v) is 38.8. The number of hydrogen-bond donors (Lipinski definition) is 2. The number of hydrogen-bond acceptors (Lipinski definition) is 6. The molecule has 68 heavy (non-hydrogen) atoms. The minimum atomic E-state index is 0.168. The van der Waals surface area contributed by atoms with Crippen molar-refractivity contribution < 1.29 is 29.2 Å². The Bertz CT molecular complexity index is 3190. The van der Waals surface area contributed by atoms with Crippen molar-refractivity contribution in [1.82, 2.24) is 9.13 Å². The second-order valence-electron chi connectivity index (χ2n) is 18.3. The van der Waals surface area contributed by atoms with Gasteiger partial charge in [-0.1, -0.05) is 85.6 Å². The number of fused-ring (bicyclic) bond motifs is 6. The van der Waals surface area contributed by atoms with Crippen LogP contribution >= 0.6 is 0 Å². The van der Waals surface area contributed by atoms with Gasteiger partial charge < -0.3 is 38.3 Å². The Hall–Kier alpha value is -7.84. The predicted octanol–water partition coefficient (Wildman–Crippen LogP) is 14.5. The smallest absolute Gasteiger partial charge is 0.147 e. The Morgan fingerprint density at radius 3 is 1.15 bits per heavy atom. The molecule has 0 amide bonds. The second-order valence-corrected chi connectivity index (χ2v) is 18.3. The van der Waals surface area contributed by atoms with E-state index in [0.717, 1.165) is 91.5 Å². The van der Waals surface area contributed by atoms with E-state index in [-0.39, 0.29) is 23.3 Å². The van der Waals surface area contributed by atoms with Gasteiger partial charge in [-0.2, -0.15) is 0 Å². The molecule has 2 unspecified atom stereocenters. The maximum atomic E-state index is 12.3. The zero-order chi connectivity index (χ0) is 46.5. The zero-order valence-electron chi connectivity index (χ0n) is 38.8. The van der Waals surface area contributed by atoms with Crippen LogP contribution in [0.5, 0.6) is 34.5 Å². The molecule has 2 N–H and O–H groups in total. The van der Waals surface area contributed by atoms with Gasteiger partial charge >= 0.3 is 0 Å². The molecule has 1 saturated carbocycles. The predicted molar refractivity (Wildman–Crippen MR) is 275 cm³/mol. The van der Waals surface area contributed by atoms with E-state index < -0.39 is 0 Å². The van der Waals surface area contributed by atoms with Crippen LogP contribution in [0.4, 0.5) is 0 Å². The lowest BCUT2D eigenvalue weighted by Crippen LogP contribution is -2.30. The normalized spacial score (nSPS) is 15.1. The van der Waals surface area contributed by atoms with Gasteiger partial charge in [0.25, 0.3) is 0 Å². The molecule has 1 fully saturated rings. The van der Waals surface area contributed by atoms with Crippen molar-refractivity contribution in [2.75, 3.05) is 27.4 Å². The molecule has 11 rings (SSSR count). The minimum Gasteiger partial charge on any atom is -0.505 e. The van der Waals surface area contributed by atoms with Crippen molar-refractivity contribution in [3.8, 4) is 68.1 Å². The van der Waals surface area contributed by atoms with Crippen LogP contribution in [0.15, 0.2) is 158 Å². The van der Waals surface area contributed by atoms with Crippen molar-refractivity contribution in [2.24, 2.45) is 11.8 Å². The summed E-state index contributed by atoms with van der Waals surface area (Å²) >= 11 is 0. The summed E-state index contributed by atoms with van der Waals surface area (Å²) in [6, 6.07) is 53.1. The fourth-order valence-corrected chi connectivity index (χ4v) is 10.7. The molecule has 0 aliphatic heterocycles. The Morgan fingerprint density at radius 1 is 0.441 bits per heavy atom. The van der Waals surface area contributed by atoms with Crippen LogP contribution in [0, 0.1) is 25.7 Å². The maximum Gasteiger partial charge on any atom is 0.147 e. The van der Waals surface area contributed by atoms with Crippen molar-refractivity contribution >= 4 is 43.6 Å². The average Bonchev–Trinajstić information content (AvgIpc) is 3.89. The molecule has 1 aliphatic carbocycles. The molecule has 2 heterocycles. The molecule has 2 atom stereocenters. The van der Waals surface area contributed by atoms with E-state index in [0.29, 0.717) is 58.7 Å². The highest BCUT2D eigenvalue weighted by molar-refractivity contribution is 6.10. The number of aryl methyl sites for hydroxylation is 2. The van der Waals surface area contributed by atoms with Gasteiger partial charge in [0.15, 0.2) is 0 Å². The highest BCUT2D eigenvalue weighted by atomic mass is 16.5.